The maximum Gasteiger partial charge on any atom is 0.344 e. The molecular formula is C18H15ClN2O4. The lowest BCUT2D eigenvalue weighted by molar-refractivity contribution is -0.148. The third kappa shape index (κ3) is 4.58. The van der Waals surface area contributed by atoms with Gasteiger partial charge in [-0.25, -0.2) is 4.79 Å². The van der Waals surface area contributed by atoms with Crippen LogP contribution in [0.1, 0.15) is 11.5 Å². The first-order chi connectivity index (χ1) is 12.1. The van der Waals surface area contributed by atoms with Gasteiger partial charge in [-0.1, -0.05) is 29.8 Å². The molecule has 6 nitrogen and oxygen atoms in total. The smallest absolute Gasteiger partial charge is 0.344 e. The minimum Gasteiger partial charge on any atom is -0.482 e. The first-order valence-corrected chi connectivity index (χ1v) is 7.92. The molecule has 1 aromatic heterocycles. The topological polar surface area (TPSA) is 74.5 Å². The predicted molar refractivity (Wildman–Crippen MR) is 91.2 cm³/mol. The van der Waals surface area contributed by atoms with Crippen LogP contribution < -0.4 is 4.74 Å². The lowest BCUT2D eigenvalue weighted by Gasteiger charge is -2.08. The van der Waals surface area contributed by atoms with Crippen LogP contribution in [0.3, 0.4) is 0 Å². The van der Waals surface area contributed by atoms with Crippen molar-refractivity contribution in [1.82, 2.24) is 10.2 Å². The minimum absolute atomic E-state index is 0.109. The Morgan fingerprint density at radius 3 is 2.72 bits per heavy atom. The van der Waals surface area contributed by atoms with Gasteiger partial charge in [0.15, 0.2) is 13.2 Å². The van der Waals surface area contributed by atoms with Crippen molar-refractivity contribution >= 4 is 17.6 Å². The lowest BCUT2D eigenvalue weighted by atomic mass is 10.2. The summed E-state index contributed by atoms with van der Waals surface area (Å²) >= 11 is 5.87. The summed E-state index contributed by atoms with van der Waals surface area (Å²) in [6.07, 6.45) is 0. The Bertz CT molecular complexity index is 865. The van der Waals surface area contributed by atoms with Gasteiger partial charge in [-0.15, -0.1) is 10.2 Å². The number of nitrogens with zero attached hydrogens (tertiary/aromatic N) is 2. The van der Waals surface area contributed by atoms with E-state index in [2.05, 4.69) is 10.2 Å². The van der Waals surface area contributed by atoms with E-state index < -0.39 is 5.97 Å². The van der Waals surface area contributed by atoms with Crippen molar-refractivity contribution in [1.29, 1.82) is 0 Å². The molecular weight excluding hydrogens is 344 g/mol. The summed E-state index contributed by atoms with van der Waals surface area (Å²) in [4.78, 5) is 11.8. The number of carbonyl (C=O) groups excluding carboxylic acids is 1. The molecule has 0 unspecified atom stereocenters. The zero-order valence-electron chi connectivity index (χ0n) is 13.4. The Balaban J connectivity index is 1.50. The number of carbonyl (C=O) groups is 1. The van der Waals surface area contributed by atoms with Gasteiger partial charge in [0.05, 0.1) is 0 Å². The number of hydrogen-bond donors (Lipinski definition) is 0. The molecule has 2 aromatic carbocycles. The third-order valence-electron chi connectivity index (χ3n) is 3.33. The second-order valence-corrected chi connectivity index (χ2v) is 5.66. The zero-order valence-corrected chi connectivity index (χ0v) is 14.2. The fraction of sp³-hybridized carbons (Fsp3) is 0.167. The van der Waals surface area contributed by atoms with Crippen LogP contribution in [-0.2, 0) is 16.1 Å². The quantitative estimate of drug-likeness (QED) is 0.623. The second kappa shape index (κ2) is 7.81. The van der Waals surface area contributed by atoms with E-state index in [4.69, 9.17) is 25.5 Å². The van der Waals surface area contributed by atoms with Crippen LogP contribution in [0.5, 0.6) is 5.75 Å². The van der Waals surface area contributed by atoms with E-state index in [1.54, 1.807) is 18.2 Å². The molecule has 0 N–H and O–H groups in total. The molecule has 0 amide bonds. The predicted octanol–water partition coefficient (Wildman–Crippen LogP) is 3.82. The molecule has 7 heteroatoms. The minimum atomic E-state index is -0.534. The van der Waals surface area contributed by atoms with Crippen molar-refractivity contribution in [2.24, 2.45) is 0 Å². The summed E-state index contributed by atoms with van der Waals surface area (Å²) in [6, 6.07) is 14.5. The highest BCUT2D eigenvalue weighted by Crippen LogP contribution is 2.22. The second-order valence-electron chi connectivity index (χ2n) is 5.23. The van der Waals surface area contributed by atoms with Gasteiger partial charge < -0.3 is 13.9 Å². The van der Waals surface area contributed by atoms with Gasteiger partial charge in [0.1, 0.15) is 5.75 Å². The first-order valence-electron chi connectivity index (χ1n) is 7.54. The molecule has 0 aliphatic rings. The van der Waals surface area contributed by atoms with Gasteiger partial charge in [0.2, 0.25) is 5.89 Å². The number of hydrogen-bond acceptors (Lipinski definition) is 6. The van der Waals surface area contributed by atoms with E-state index >= 15 is 0 Å². The molecule has 3 aromatic rings. The monoisotopic (exact) mass is 358 g/mol. The van der Waals surface area contributed by atoms with Crippen LogP contribution in [0.25, 0.3) is 11.5 Å². The number of aryl methyl sites for hydroxylation is 1. The van der Waals surface area contributed by atoms with Gasteiger partial charge in [-0.2, -0.15) is 0 Å². The fourth-order valence-corrected chi connectivity index (χ4v) is 2.33. The SMILES string of the molecule is Cc1cc(Cl)ccc1OCC(=O)OCc1nnc(-c2ccccc2)o1. The average molecular weight is 359 g/mol. The number of ether oxygens (including phenoxy) is 2. The molecule has 1 heterocycles. The number of benzene rings is 2. The van der Waals surface area contributed by atoms with Crippen molar-refractivity contribution in [2.75, 3.05) is 6.61 Å². The summed E-state index contributed by atoms with van der Waals surface area (Å²) in [5, 5.41) is 8.39. The van der Waals surface area contributed by atoms with Crippen LogP contribution >= 0.6 is 11.6 Å². The Morgan fingerprint density at radius 2 is 1.96 bits per heavy atom. The Kier molecular flexibility index (Phi) is 5.30. The van der Waals surface area contributed by atoms with Crippen molar-refractivity contribution in [3.05, 3.63) is 65.0 Å². The molecule has 25 heavy (non-hydrogen) atoms. The van der Waals surface area contributed by atoms with Gasteiger partial charge in [0, 0.05) is 10.6 Å². The van der Waals surface area contributed by atoms with Crippen molar-refractivity contribution in [2.45, 2.75) is 13.5 Å². The maximum absolute atomic E-state index is 11.8. The molecule has 0 radical (unpaired) electrons. The molecule has 0 aliphatic carbocycles. The van der Waals surface area contributed by atoms with Gasteiger partial charge in [-0.05, 0) is 42.8 Å². The zero-order chi connectivity index (χ0) is 17.6. The molecule has 0 aliphatic heterocycles. The summed E-state index contributed by atoms with van der Waals surface area (Å²) in [7, 11) is 0. The molecule has 0 atom stereocenters. The van der Waals surface area contributed by atoms with Crippen LogP contribution in [0.4, 0.5) is 0 Å². The summed E-state index contributed by atoms with van der Waals surface area (Å²) in [5.74, 6) is 0.633. The Hall–Kier alpha value is -2.86. The number of rotatable bonds is 6. The highest BCUT2D eigenvalue weighted by molar-refractivity contribution is 6.30. The number of aromatic nitrogens is 2. The van der Waals surface area contributed by atoms with Crippen LogP contribution in [0.2, 0.25) is 5.02 Å². The van der Waals surface area contributed by atoms with Crippen LogP contribution in [0, 0.1) is 6.92 Å². The molecule has 0 saturated heterocycles. The summed E-state index contributed by atoms with van der Waals surface area (Å²) in [6.45, 7) is 1.51. The van der Waals surface area contributed by atoms with Crippen molar-refractivity contribution < 1.29 is 18.7 Å². The normalized spacial score (nSPS) is 10.5. The van der Waals surface area contributed by atoms with E-state index in [1.165, 1.54) is 0 Å². The summed E-state index contributed by atoms with van der Waals surface area (Å²) in [5.41, 5.74) is 1.64. The Labute approximate surface area is 149 Å². The molecule has 0 fully saturated rings. The van der Waals surface area contributed by atoms with Crippen molar-refractivity contribution in [3.63, 3.8) is 0 Å². The summed E-state index contributed by atoms with van der Waals surface area (Å²) < 4.78 is 16.0. The van der Waals surface area contributed by atoms with Gasteiger partial charge >= 0.3 is 5.97 Å². The molecule has 0 spiro atoms. The standard InChI is InChI=1S/C18H15ClN2O4/c1-12-9-14(19)7-8-15(12)23-11-17(22)24-10-16-20-21-18(25-16)13-5-3-2-4-6-13/h2-9H,10-11H2,1H3. The van der Waals surface area contributed by atoms with Crippen LogP contribution in [-0.4, -0.2) is 22.8 Å². The largest absolute Gasteiger partial charge is 0.482 e. The lowest BCUT2D eigenvalue weighted by Crippen LogP contribution is -2.15. The highest BCUT2D eigenvalue weighted by Gasteiger charge is 2.12. The van der Waals surface area contributed by atoms with Crippen LogP contribution in [0.15, 0.2) is 52.9 Å². The third-order valence-corrected chi connectivity index (χ3v) is 3.56. The van der Waals surface area contributed by atoms with E-state index in [-0.39, 0.29) is 19.1 Å². The first kappa shape index (κ1) is 17.0. The Morgan fingerprint density at radius 1 is 1.16 bits per heavy atom. The van der Waals surface area contributed by atoms with E-state index in [0.717, 1.165) is 11.1 Å². The molecule has 0 saturated carbocycles. The molecule has 128 valence electrons. The maximum atomic E-state index is 11.8. The van der Waals surface area contributed by atoms with Crippen molar-refractivity contribution in [3.8, 4) is 17.2 Å². The van der Waals surface area contributed by atoms with Gasteiger partial charge in [0.25, 0.3) is 5.89 Å². The van der Waals surface area contributed by atoms with E-state index in [9.17, 15) is 4.79 Å². The average Bonchev–Trinajstić information content (AvgIpc) is 3.09. The van der Waals surface area contributed by atoms with Gasteiger partial charge in [-0.3, -0.25) is 0 Å². The highest BCUT2D eigenvalue weighted by atomic mass is 35.5. The van der Waals surface area contributed by atoms with E-state index in [0.29, 0.717) is 16.7 Å². The van der Waals surface area contributed by atoms with E-state index in [1.807, 2.05) is 37.3 Å². The molecule has 3 rings (SSSR count). The number of halogens is 1. The fourth-order valence-electron chi connectivity index (χ4n) is 2.10. The number of esters is 1. The molecule has 0 bridgehead atoms.